The molecule has 0 atom stereocenters. The number of aryl methyl sites for hydroxylation is 1. The van der Waals surface area contributed by atoms with Gasteiger partial charge in [0.2, 0.25) is 5.60 Å². The number of hydrogen-bond acceptors (Lipinski definition) is 2. The molecular formula is C27H21NO. The molecular weight excluding hydrogens is 354 g/mol. The van der Waals surface area contributed by atoms with Gasteiger partial charge in [-0.2, -0.15) is 0 Å². The first-order chi connectivity index (χ1) is 14.3. The third kappa shape index (κ3) is 2.85. The summed E-state index contributed by atoms with van der Waals surface area (Å²) in [5, 5.41) is 4.69. The number of oxime groups is 1. The van der Waals surface area contributed by atoms with E-state index in [0.29, 0.717) is 0 Å². The Balaban J connectivity index is 1.78. The summed E-state index contributed by atoms with van der Waals surface area (Å²) in [7, 11) is 0. The average Bonchev–Trinajstić information content (AvgIpc) is 2.80. The molecule has 0 N–H and O–H groups in total. The third-order valence-electron chi connectivity index (χ3n) is 5.52. The van der Waals surface area contributed by atoms with Crippen LogP contribution in [0.2, 0.25) is 0 Å². The Morgan fingerprint density at radius 2 is 1.17 bits per heavy atom. The van der Waals surface area contributed by atoms with E-state index in [1.165, 1.54) is 5.56 Å². The second kappa shape index (κ2) is 7.06. The van der Waals surface area contributed by atoms with Crippen molar-refractivity contribution in [2.24, 2.45) is 5.16 Å². The minimum Gasteiger partial charge on any atom is -0.374 e. The van der Waals surface area contributed by atoms with Crippen molar-refractivity contribution in [3.8, 4) is 0 Å². The van der Waals surface area contributed by atoms with Crippen LogP contribution in [0.3, 0.4) is 0 Å². The molecule has 0 saturated carbocycles. The Bertz CT molecular complexity index is 1120. The molecule has 0 aliphatic carbocycles. The molecule has 2 nitrogen and oxygen atoms in total. The Hall–Kier alpha value is -3.65. The predicted molar refractivity (Wildman–Crippen MR) is 117 cm³/mol. The van der Waals surface area contributed by atoms with Gasteiger partial charge in [0, 0.05) is 27.8 Å². The van der Waals surface area contributed by atoms with Crippen molar-refractivity contribution in [1.82, 2.24) is 0 Å². The fourth-order valence-corrected chi connectivity index (χ4v) is 4.06. The molecule has 1 aliphatic rings. The Kier molecular flexibility index (Phi) is 4.25. The van der Waals surface area contributed by atoms with Gasteiger partial charge in [-0.3, -0.25) is 0 Å². The highest BCUT2D eigenvalue weighted by Crippen LogP contribution is 2.45. The topological polar surface area (TPSA) is 21.6 Å². The van der Waals surface area contributed by atoms with Gasteiger partial charge in [-0.25, -0.2) is 0 Å². The molecule has 0 bridgehead atoms. The minimum atomic E-state index is -0.784. The van der Waals surface area contributed by atoms with Crippen LogP contribution >= 0.6 is 0 Å². The zero-order valence-corrected chi connectivity index (χ0v) is 16.2. The smallest absolute Gasteiger partial charge is 0.213 e. The van der Waals surface area contributed by atoms with Gasteiger partial charge in [0.25, 0.3) is 0 Å². The summed E-state index contributed by atoms with van der Waals surface area (Å²) >= 11 is 0. The molecule has 0 radical (unpaired) electrons. The van der Waals surface area contributed by atoms with Crippen molar-refractivity contribution in [3.63, 3.8) is 0 Å². The SMILES string of the molecule is Cc1ccc(C2=NOC(c3ccccc3)(c3ccccc3)c3ccccc32)cc1. The van der Waals surface area contributed by atoms with Crippen molar-refractivity contribution >= 4 is 5.71 Å². The molecule has 0 saturated heterocycles. The molecule has 29 heavy (non-hydrogen) atoms. The summed E-state index contributed by atoms with van der Waals surface area (Å²) in [5.74, 6) is 0. The predicted octanol–water partition coefficient (Wildman–Crippen LogP) is 6.07. The average molecular weight is 375 g/mol. The van der Waals surface area contributed by atoms with E-state index in [1.54, 1.807) is 0 Å². The fourth-order valence-electron chi connectivity index (χ4n) is 4.06. The normalized spacial score (nSPS) is 14.4. The molecule has 0 unspecified atom stereocenters. The second-order valence-corrected chi connectivity index (χ2v) is 7.36. The van der Waals surface area contributed by atoms with E-state index in [2.05, 4.69) is 79.7 Å². The zero-order chi connectivity index (χ0) is 19.7. The van der Waals surface area contributed by atoms with E-state index >= 15 is 0 Å². The van der Waals surface area contributed by atoms with Crippen LogP contribution in [0.15, 0.2) is 114 Å². The number of fused-ring (bicyclic) bond motifs is 1. The first kappa shape index (κ1) is 17.4. The summed E-state index contributed by atoms with van der Waals surface area (Å²) < 4.78 is 0. The molecule has 0 amide bonds. The Labute approximate surface area is 171 Å². The van der Waals surface area contributed by atoms with Gasteiger partial charge >= 0.3 is 0 Å². The van der Waals surface area contributed by atoms with Crippen LogP contribution in [-0.2, 0) is 10.4 Å². The van der Waals surface area contributed by atoms with Crippen LogP contribution in [0.5, 0.6) is 0 Å². The summed E-state index contributed by atoms with van der Waals surface area (Å²) in [6.07, 6.45) is 0. The van der Waals surface area contributed by atoms with Crippen LogP contribution in [0.1, 0.15) is 33.4 Å². The van der Waals surface area contributed by atoms with Crippen molar-refractivity contribution in [3.05, 3.63) is 143 Å². The van der Waals surface area contributed by atoms with Crippen LogP contribution < -0.4 is 0 Å². The lowest BCUT2D eigenvalue weighted by atomic mass is 9.76. The maximum atomic E-state index is 6.45. The first-order valence-electron chi connectivity index (χ1n) is 9.83. The highest BCUT2D eigenvalue weighted by molar-refractivity contribution is 6.14. The fraction of sp³-hybridized carbons (Fsp3) is 0.0741. The molecule has 0 fully saturated rings. The first-order valence-corrected chi connectivity index (χ1v) is 9.83. The second-order valence-electron chi connectivity index (χ2n) is 7.36. The Morgan fingerprint density at radius 3 is 1.79 bits per heavy atom. The van der Waals surface area contributed by atoms with E-state index in [1.807, 2.05) is 36.4 Å². The molecule has 0 aromatic heterocycles. The lowest BCUT2D eigenvalue weighted by Crippen LogP contribution is -2.36. The molecule has 5 rings (SSSR count). The number of benzene rings is 4. The molecule has 140 valence electrons. The van der Waals surface area contributed by atoms with Crippen LogP contribution in [0, 0.1) is 6.92 Å². The highest BCUT2D eigenvalue weighted by atomic mass is 16.7. The zero-order valence-electron chi connectivity index (χ0n) is 16.2. The van der Waals surface area contributed by atoms with E-state index in [0.717, 1.165) is 33.5 Å². The van der Waals surface area contributed by atoms with Crippen molar-refractivity contribution in [2.75, 3.05) is 0 Å². The molecule has 4 aromatic carbocycles. The number of nitrogens with zero attached hydrogens (tertiary/aromatic N) is 1. The van der Waals surface area contributed by atoms with Crippen molar-refractivity contribution in [2.45, 2.75) is 12.5 Å². The van der Waals surface area contributed by atoms with Crippen LogP contribution in [0.4, 0.5) is 0 Å². The quantitative estimate of drug-likeness (QED) is 0.426. The lowest BCUT2D eigenvalue weighted by Gasteiger charge is -2.37. The minimum absolute atomic E-state index is 0.784. The largest absolute Gasteiger partial charge is 0.374 e. The summed E-state index contributed by atoms with van der Waals surface area (Å²) in [5.41, 5.74) is 6.67. The van der Waals surface area contributed by atoms with Gasteiger partial charge in [0.15, 0.2) is 0 Å². The molecule has 1 heterocycles. The van der Waals surface area contributed by atoms with E-state index in [9.17, 15) is 0 Å². The van der Waals surface area contributed by atoms with Gasteiger partial charge in [-0.05, 0) is 6.92 Å². The third-order valence-corrected chi connectivity index (χ3v) is 5.52. The maximum absolute atomic E-state index is 6.45. The summed E-state index contributed by atoms with van der Waals surface area (Å²) in [6, 6.07) is 37.5. The molecule has 4 aromatic rings. The van der Waals surface area contributed by atoms with Crippen LogP contribution in [-0.4, -0.2) is 5.71 Å². The van der Waals surface area contributed by atoms with Gasteiger partial charge in [0.1, 0.15) is 5.71 Å². The van der Waals surface area contributed by atoms with E-state index < -0.39 is 5.60 Å². The molecule has 1 aliphatic heterocycles. The molecule has 0 spiro atoms. The van der Waals surface area contributed by atoms with E-state index in [4.69, 9.17) is 9.99 Å². The highest BCUT2D eigenvalue weighted by Gasteiger charge is 2.44. The standard InChI is InChI=1S/C27H21NO/c1-20-16-18-21(19-17-20)26-24-14-8-9-15-25(24)27(29-28-26,22-10-4-2-5-11-22)23-12-6-3-7-13-23/h2-19H,1H3. The van der Waals surface area contributed by atoms with Crippen LogP contribution in [0.25, 0.3) is 0 Å². The van der Waals surface area contributed by atoms with Gasteiger partial charge in [-0.1, -0.05) is 120 Å². The van der Waals surface area contributed by atoms with Crippen molar-refractivity contribution < 1.29 is 4.84 Å². The van der Waals surface area contributed by atoms with E-state index in [-0.39, 0.29) is 0 Å². The van der Waals surface area contributed by atoms with Gasteiger partial charge in [-0.15, -0.1) is 0 Å². The van der Waals surface area contributed by atoms with Gasteiger partial charge < -0.3 is 4.84 Å². The summed E-state index contributed by atoms with van der Waals surface area (Å²) in [4.78, 5) is 6.45. The summed E-state index contributed by atoms with van der Waals surface area (Å²) in [6.45, 7) is 2.09. The van der Waals surface area contributed by atoms with Crippen molar-refractivity contribution in [1.29, 1.82) is 0 Å². The number of hydrogen-bond donors (Lipinski definition) is 0. The Morgan fingerprint density at radius 1 is 0.621 bits per heavy atom. The number of rotatable bonds is 3. The monoisotopic (exact) mass is 375 g/mol. The maximum Gasteiger partial charge on any atom is 0.213 e. The molecule has 2 heteroatoms. The lowest BCUT2D eigenvalue weighted by molar-refractivity contribution is 0.0132. The van der Waals surface area contributed by atoms with Gasteiger partial charge in [0.05, 0.1) is 0 Å².